The molecule has 31 heavy (non-hydrogen) atoms. The highest BCUT2D eigenvalue weighted by Crippen LogP contribution is 2.50. The van der Waals surface area contributed by atoms with E-state index in [1.807, 2.05) is 0 Å². The van der Waals surface area contributed by atoms with Crippen LogP contribution in [0.4, 0.5) is 0 Å². The largest absolute Gasteiger partial charge is 0.220 e. The summed E-state index contributed by atoms with van der Waals surface area (Å²) in [7, 11) is 2.20. The van der Waals surface area contributed by atoms with Gasteiger partial charge in [-0.3, -0.25) is 0 Å². The molecule has 1 aromatic heterocycles. The molecule has 0 spiro atoms. The predicted octanol–water partition coefficient (Wildman–Crippen LogP) is 7.54. The first kappa shape index (κ1) is 20.7. The number of hydrogen-bond donors (Lipinski definition) is 0. The van der Waals surface area contributed by atoms with Crippen LogP contribution in [-0.2, 0) is 12.5 Å². The van der Waals surface area contributed by atoms with Crippen LogP contribution in [0.3, 0.4) is 0 Å². The van der Waals surface area contributed by atoms with Gasteiger partial charge in [0, 0.05) is 6.07 Å². The Morgan fingerprint density at radius 2 is 1.65 bits per heavy atom. The minimum atomic E-state index is 0.143. The number of pyridine rings is 1. The maximum absolute atomic E-state index is 2.51. The summed E-state index contributed by atoms with van der Waals surface area (Å²) in [6, 6.07) is 14.5. The van der Waals surface area contributed by atoms with Crippen molar-refractivity contribution in [2.75, 3.05) is 0 Å². The monoisotopic (exact) mass is 412 g/mol. The van der Waals surface area contributed by atoms with E-state index >= 15 is 0 Å². The summed E-state index contributed by atoms with van der Waals surface area (Å²) >= 11 is 0. The van der Waals surface area contributed by atoms with E-state index < -0.39 is 0 Å². The summed E-state index contributed by atoms with van der Waals surface area (Å²) in [5.41, 5.74) is 8.64. The van der Waals surface area contributed by atoms with Crippen molar-refractivity contribution in [1.82, 2.24) is 0 Å². The number of benzene rings is 2. The number of aromatic nitrogens is 1. The van der Waals surface area contributed by atoms with Crippen molar-refractivity contribution in [2.45, 2.75) is 78.1 Å². The van der Waals surface area contributed by atoms with E-state index in [0.717, 1.165) is 17.8 Å². The molecule has 162 valence electrons. The lowest BCUT2D eigenvalue weighted by Gasteiger charge is -2.42. The fraction of sp³-hybridized carbons (Fsp3) is 0.500. The molecule has 2 aromatic carbocycles. The third-order valence-electron chi connectivity index (χ3n) is 8.43. The normalized spacial score (nSPS) is 23.5. The molecule has 1 unspecified atom stereocenters. The van der Waals surface area contributed by atoms with E-state index in [-0.39, 0.29) is 5.41 Å². The van der Waals surface area contributed by atoms with Gasteiger partial charge in [-0.15, -0.1) is 0 Å². The summed E-state index contributed by atoms with van der Waals surface area (Å²) in [4.78, 5) is 0. The molecule has 0 amide bonds. The third-order valence-corrected chi connectivity index (χ3v) is 8.43. The Kier molecular flexibility index (Phi) is 5.00. The molecule has 3 aliphatic rings. The highest BCUT2D eigenvalue weighted by atomic mass is 14.9. The molecular formula is C30H38N+. The molecule has 6 rings (SSSR count). The summed E-state index contributed by atoms with van der Waals surface area (Å²) in [6.45, 7) is 11.5. The molecule has 1 atom stereocenters. The van der Waals surface area contributed by atoms with Gasteiger partial charge in [0.1, 0.15) is 7.05 Å². The molecule has 0 radical (unpaired) electrons. The first-order valence-electron chi connectivity index (χ1n) is 12.3. The minimum absolute atomic E-state index is 0.143. The quantitative estimate of drug-likeness (QED) is 0.383. The van der Waals surface area contributed by atoms with Crippen molar-refractivity contribution in [3.63, 3.8) is 0 Å². The molecule has 1 heterocycles. The molecule has 3 aromatic rings. The van der Waals surface area contributed by atoms with E-state index in [4.69, 9.17) is 0 Å². The Balaban J connectivity index is 1.65. The van der Waals surface area contributed by atoms with Gasteiger partial charge in [-0.05, 0) is 96.1 Å². The standard InChI is InChI=1S/C30H38N/c1-19-15-25(30(3,4)5)18-27(20(19)2)29-26-12-11-23(17-24(26)13-14-31(29)6)28-16-21-7-9-22(28)10-8-21/h11-15,17-18,21-22,28H,7-10,16H2,1-6H3/q+1. The molecule has 0 saturated heterocycles. The first-order valence-corrected chi connectivity index (χ1v) is 12.3. The molecule has 3 aliphatic carbocycles. The average molecular weight is 413 g/mol. The maximum Gasteiger partial charge on any atom is 0.220 e. The Morgan fingerprint density at radius 3 is 2.29 bits per heavy atom. The van der Waals surface area contributed by atoms with Crippen LogP contribution in [0.15, 0.2) is 42.6 Å². The fourth-order valence-corrected chi connectivity index (χ4v) is 6.28. The summed E-state index contributed by atoms with van der Waals surface area (Å²) < 4.78 is 2.32. The summed E-state index contributed by atoms with van der Waals surface area (Å²) in [6.07, 6.45) is 9.50. The SMILES string of the molecule is Cc1cc(C(C)(C)C)cc(-c2c3ccc(C4CC5CCC4CC5)cc3cc[n+]2C)c1C. The lowest BCUT2D eigenvalue weighted by Crippen LogP contribution is -2.31. The third kappa shape index (κ3) is 3.60. The van der Waals surface area contributed by atoms with Gasteiger partial charge in [0.15, 0.2) is 6.20 Å². The zero-order chi connectivity index (χ0) is 21.9. The van der Waals surface area contributed by atoms with Crippen LogP contribution in [0.25, 0.3) is 22.0 Å². The Morgan fingerprint density at radius 1 is 0.903 bits per heavy atom. The van der Waals surface area contributed by atoms with E-state index in [9.17, 15) is 0 Å². The van der Waals surface area contributed by atoms with Crippen LogP contribution in [0.5, 0.6) is 0 Å². The second kappa shape index (κ2) is 7.47. The highest BCUT2D eigenvalue weighted by molar-refractivity contribution is 5.94. The van der Waals surface area contributed by atoms with Crippen molar-refractivity contribution in [3.05, 3.63) is 64.8 Å². The minimum Gasteiger partial charge on any atom is -0.200 e. The average Bonchev–Trinajstić information content (AvgIpc) is 2.75. The van der Waals surface area contributed by atoms with Gasteiger partial charge in [-0.2, -0.15) is 0 Å². The van der Waals surface area contributed by atoms with Gasteiger partial charge >= 0.3 is 0 Å². The Bertz CT molecular complexity index is 1140. The molecule has 1 nitrogen and oxygen atoms in total. The first-order chi connectivity index (χ1) is 14.7. The second-order valence-electron chi connectivity index (χ2n) is 11.5. The summed E-state index contributed by atoms with van der Waals surface area (Å²) in [5.74, 6) is 2.67. The van der Waals surface area contributed by atoms with Crippen LogP contribution in [0, 0.1) is 25.7 Å². The number of hydrogen-bond acceptors (Lipinski definition) is 0. The zero-order valence-corrected chi connectivity index (χ0v) is 20.3. The van der Waals surface area contributed by atoms with Gasteiger partial charge in [0.05, 0.1) is 10.9 Å². The number of fused-ring (bicyclic) bond motifs is 4. The molecule has 0 N–H and O–H groups in total. The van der Waals surface area contributed by atoms with E-state index in [1.54, 1.807) is 5.56 Å². The van der Waals surface area contributed by atoms with Crippen molar-refractivity contribution in [3.8, 4) is 11.3 Å². The van der Waals surface area contributed by atoms with E-state index in [2.05, 4.69) is 88.8 Å². The van der Waals surface area contributed by atoms with Crippen molar-refractivity contribution >= 4 is 10.8 Å². The van der Waals surface area contributed by atoms with E-state index in [0.29, 0.717) is 0 Å². The number of aryl methyl sites for hydroxylation is 2. The molecule has 0 aliphatic heterocycles. The Labute approximate surface area is 188 Å². The highest BCUT2D eigenvalue weighted by Gasteiger charge is 2.36. The molecule has 3 saturated carbocycles. The van der Waals surface area contributed by atoms with Gasteiger partial charge in [0.2, 0.25) is 5.69 Å². The zero-order valence-electron chi connectivity index (χ0n) is 20.3. The van der Waals surface area contributed by atoms with Crippen LogP contribution >= 0.6 is 0 Å². The second-order valence-corrected chi connectivity index (χ2v) is 11.5. The fourth-order valence-electron chi connectivity index (χ4n) is 6.28. The van der Waals surface area contributed by atoms with Gasteiger partial charge in [0.25, 0.3) is 0 Å². The van der Waals surface area contributed by atoms with Crippen molar-refractivity contribution in [2.24, 2.45) is 18.9 Å². The molecular weight excluding hydrogens is 374 g/mol. The lowest BCUT2D eigenvalue weighted by atomic mass is 9.63. The maximum atomic E-state index is 2.51. The van der Waals surface area contributed by atoms with Crippen LogP contribution in [-0.4, -0.2) is 0 Å². The van der Waals surface area contributed by atoms with Crippen LogP contribution in [0.1, 0.15) is 81.0 Å². The van der Waals surface area contributed by atoms with Crippen molar-refractivity contribution < 1.29 is 4.57 Å². The summed E-state index contributed by atoms with van der Waals surface area (Å²) in [5, 5.41) is 2.77. The van der Waals surface area contributed by atoms with Crippen molar-refractivity contribution in [1.29, 1.82) is 0 Å². The number of rotatable bonds is 2. The van der Waals surface area contributed by atoms with Gasteiger partial charge < -0.3 is 0 Å². The number of nitrogens with zero attached hydrogens (tertiary/aromatic N) is 1. The molecule has 2 bridgehead atoms. The van der Waals surface area contributed by atoms with Crippen LogP contribution in [0.2, 0.25) is 0 Å². The molecule has 1 heteroatoms. The Hall–Kier alpha value is -2.15. The van der Waals surface area contributed by atoms with Crippen LogP contribution < -0.4 is 4.57 Å². The smallest absolute Gasteiger partial charge is 0.200 e. The van der Waals surface area contributed by atoms with E-state index in [1.165, 1.54) is 70.8 Å². The topological polar surface area (TPSA) is 3.88 Å². The van der Waals surface area contributed by atoms with Gasteiger partial charge in [-0.25, -0.2) is 4.57 Å². The van der Waals surface area contributed by atoms with Gasteiger partial charge in [-0.1, -0.05) is 51.8 Å². The lowest BCUT2D eigenvalue weighted by molar-refractivity contribution is -0.659. The predicted molar refractivity (Wildman–Crippen MR) is 132 cm³/mol. The molecule has 3 fully saturated rings.